The molecule has 1 fully saturated rings. The topological polar surface area (TPSA) is 56.4 Å². The lowest BCUT2D eigenvalue weighted by Gasteiger charge is -2.23. The summed E-state index contributed by atoms with van der Waals surface area (Å²) >= 11 is 0. The molecular weight excluding hydrogens is 338 g/mol. The van der Waals surface area contributed by atoms with Gasteiger partial charge in [-0.05, 0) is 30.5 Å². The van der Waals surface area contributed by atoms with Crippen molar-refractivity contribution in [3.05, 3.63) is 76.6 Å². The van der Waals surface area contributed by atoms with Crippen molar-refractivity contribution in [3.8, 4) is 0 Å². The van der Waals surface area contributed by atoms with Crippen LogP contribution in [0.3, 0.4) is 0 Å². The molecule has 1 N–H and O–H groups in total. The second kappa shape index (κ2) is 7.27. The Labute approximate surface area is 158 Å². The van der Waals surface area contributed by atoms with E-state index in [0.717, 1.165) is 24.9 Å². The van der Waals surface area contributed by atoms with Crippen molar-refractivity contribution in [1.29, 1.82) is 0 Å². The van der Waals surface area contributed by atoms with Crippen LogP contribution < -0.4 is 10.5 Å². The van der Waals surface area contributed by atoms with Gasteiger partial charge in [0.2, 0.25) is 5.56 Å². The first-order valence-corrected chi connectivity index (χ1v) is 9.29. The number of rotatable bonds is 4. The first-order chi connectivity index (χ1) is 13.1. The van der Waals surface area contributed by atoms with E-state index in [1.165, 1.54) is 11.8 Å². The summed E-state index contributed by atoms with van der Waals surface area (Å²) in [6.45, 7) is 2.63. The summed E-state index contributed by atoms with van der Waals surface area (Å²) in [4.78, 5) is 31.9. The maximum Gasteiger partial charge on any atom is 0.254 e. The maximum atomic E-state index is 13.0. The van der Waals surface area contributed by atoms with Gasteiger partial charge in [0.1, 0.15) is 0 Å². The lowest BCUT2D eigenvalue weighted by Crippen LogP contribution is -2.33. The average molecular weight is 361 g/mol. The number of H-pyrrole nitrogens is 1. The molecule has 1 atom stereocenters. The Morgan fingerprint density at radius 1 is 1.15 bits per heavy atom. The minimum Gasteiger partial charge on any atom is -0.371 e. The molecule has 0 spiro atoms. The number of fused-ring (bicyclic) bond motifs is 1. The minimum absolute atomic E-state index is 0.101. The molecule has 27 heavy (non-hydrogen) atoms. The van der Waals surface area contributed by atoms with Crippen molar-refractivity contribution in [3.63, 3.8) is 0 Å². The molecule has 0 bridgehead atoms. The summed E-state index contributed by atoms with van der Waals surface area (Å²) in [5.41, 5.74) is 2.14. The van der Waals surface area contributed by atoms with E-state index in [-0.39, 0.29) is 11.5 Å². The van der Waals surface area contributed by atoms with Gasteiger partial charge in [0.05, 0.1) is 5.56 Å². The number of hydrogen-bond acceptors (Lipinski definition) is 3. The van der Waals surface area contributed by atoms with Gasteiger partial charge in [0.25, 0.3) is 5.91 Å². The van der Waals surface area contributed by atoms with Gasteiger partial charge >= 0.3 is 0 Å². The number of para-hydroxylation sites is 2. The van der Waals surface area contributed by atoms with E-state index < -0.39 is 0 Å². The van der Waals surface area contributed by atoms with Crippen molar-refractivity contribution >= 4 is 22.5 Å². The van der Waals surface area contributed by atoms with E-state index in [2.05, 4.69) is 34.1 Å². The van der Waals surface area contributed by atoms with Gasteiger partial charge in [0.15, 0.2) is 0 Å². The quantitative estimate of drug-likeness (QED) is 0.777. The first-order valence-electron chi connectivity index (χ1n) is 9.29. The van der Waals surface area contributed by atoms with E-state index in [9.17, 15) is 9.59 Å². The Morgan fingerprint density at radius 3 is 2.70 bits per heavy atom. The lowest BCUT2D eigenvalue weighted by atomic mass is 10.1. The summed E-state index contributed by atoms with van der Waals surface area (Å²) < 4.78 is 0. The van der Waals surface area contributed by atoms with Gasteiger partial charge in [0, 0.05) is 49.3 Å². The summed E-state index contributed by atoms with van der Waals surface area (Å²) in [6.07, 6.45) is 1.06. The molecule has 2 heterocycles. The molecule has 0 saturated carbocycles. The van der Waals surface area contributed by atoms with Crippen LogP contribution in [0.2, 0.25) is 0 Å². The normalized spacial score (nSPS) is 16.6. The third-order valence-corrected chi connectivity index (χ3v) is 5.27. The van der Waals surface area contributed by atoms with Crippen molar-refractivity contribution < 1.29 is 4.79 Å². The molecule has 1 aromatic heterocycles. The number of carbonyl (C=O) groups is 1. The third kappa shape index (κ3) is 3.58. The van der Waals surface area contributed by atoms with Crippen LogP contribution in [0.1, 0.15) is 16.8 Å². The molecule has 0 unspecified atom stereocenters. The summed E-state index contributed by atoms with van der Waals surface area (Å²) in [7, 11) is 1.82. The Kier molecular flexibility index (Phi) is 4.67. The number of nitrogens with one attached hydrogen (secondary N) is 1. The fraction of sp³-hybridized carbons (Fsp3) is 0.273. The smallest absolute Gasteiger partial charge is 0.254 e. The van der Waals surface area contributed by atoms with Crippen LogP contribution in [0.4, 0.5) is 5.69 Å². The van der Waals surface area contributed by atoms with Crippen LogP contribution in [0.15, 0.2) is 65.5 Å². The standard InChI is InChI=1S/C22H23N3O2/c1-24(14-16-11-12-25(15-16)17-7-3-2-4-8-17)22(27)19-13-21(26)23-20-10-6-5-9-18(19)20/h2-10,13,16H,11-12,14-15H2,1H3,(H,23,26)/t16-/m1/s1. The van der Waals surface area contributed by atoms with Crippen LogP contribution in [0, 0.1) is 5.92 Å². The predicted molar refractivity (Wildman–Crippen MR) is 108 cm³/mol. The van der Waals surface area contributed by atoms with Gasteiger partial charge in [-0.25, -0.2) is 0 Å². The van der Waals surface area contributed by atoms with Crippen molar-refractivity contribution in [1.82, 2.24) is 9.88 Å². The number of hydrogen-bond donors (Lipinski definition) is 1. The van der Waals surface area contributed by atoms with Crippen molar-refractivity contribution in [2.24, 2.45) is 5.92 Å². The number of anilines is 1. The third-order valence-electron chi connectivity index (χ3n) is 5.27. The number of aromatic amines is 1. The fourth-order valence-electron chi connectivity index (χ4n) is 3.91. The Hall–Kier alpha value is -3.08. The summed E-state index contributed by atoms with van der Waals surface area (Å²) in [5.74, 6) is 0.322. The van der Waals surface area contributed by atoms with Gasteiger partial charge in [-0.3, -0.25) is 9.59 Å². The Bertz CT molecular complexity index is 1010. The van der Waals surface area contributed by atoms with Crippen LogP contribution in [-0.4, -0.2) is 42.5 Å². The number of amides is 1. The molecule has 1 saturated heterocycles. The van der Waals surface area contributed by atoms with Gasteiger partial charge < -0.3 is 14.8 Å². The monoisotopic (exact) mass is 361 g/mol. The molecule has 4 rings (SSSR count). The first kappa shape index (κ1) is 17.3. The highest BCUT2D eigenvalue weighted by atomic mass is 16.2. The fourth-order valence-corrected chi connectivity index (χ4v) is 3.91. The zero-order chi connectivity index (χ0) is 18.8. The Balaban J connectivity index is 1.49. The molecule has 0 radical (unpaired) electrons. The summed E-state index contributed by atoms with van der Waals surface area (Å²) in [6, 6.07) is 19.2. The average Bonchev–Trinajstić information content (AvgIpc) is 3.16. The zero-order valence-corrected chi connectivity index (χ0v) is 15.4. The minimum atomic E-state index is -0.249. The van der Waals surface area contributed by atoms with E-state index >= 15 is 0 Å². The van der Waals surface area contributed by atoms with Gasteiger partial charge in [-0.2, -0.15) is 0 Å². The largest absolute Gasteiger partial charge is 0.371 e. The molecule has 1 aliphatic rings. The number of aromatic nitrogens is 1. The number of nitrogens with zero attached hydrogens (tertiary/aromatic N) is 2. The van der Waals surface area contributed by atoms with E-state index in [1.54, 1.807) is 4.90 Å². The molecule has 1 aliphatic heterocycles. The van der Waals surface area contributed by atoms with Crippen LogP contribution in [-0.2, 0) is 0 Å². The molecule has 3 aromatic rings. The van der Waals surface area contributed by atoms with Crippen molar-refractivity contribution in [2.45, 2.75) is 6.42 Å². The molecule has 1 amide bonds. The molecule has 0 aliphatic carbocycles. The second-order valence-corrected chi connectivity index (χ2v) is 7.21. The van der Waals surface area contributed by atoms with Crippen LogP contribution >= 0.6 is 0 Å². The van der Waals surface area contributed by atoms with E-state index in [1.807, 2.05) is 37.4 Å². The van der Waals surface area contributed by atoms with Crippen LogP contribution in [0.5, 0.6) is 0 Å². The molecule has 5 heteroatoms. The second-order valence-electron chi connectivity index (χ2n) is 7.21. The highest BCUT2D eigenvalue weighted by molar-refractivity contribution is 6.05. The number of pyridine rings is 1. The zero-order valence-electron chi connectivity index (χ0n) is 15.4. The SMILES string of the molecule is CN(C[C@H]1CCN(c2ccccc2)C1)C(=O)c1cc(=O)[nH]c2ccccc12. The lowest BCUT2D eigenvalue weighted by molar-refractivity contribution is 0.0778. The maximum absolute atomic E-state index is 13.0. The molecule has 2 aromatic carbocycles. The van der Waals surface area contributed by atoms with Gasteiger partial charge in [-0.1, -0.05) is 36.4 Å². The summed E-state index contributed by atoms with van der Waals surface area (Å²) in [5, 5.41) is 0.784. The highest BCUT2D eigenvalue weighted by Crippen LogP contribution is 2.24. The number of carbonyl (C=O) groups excluding carboxylic acids is 1. The van der Waals surface area contributed by atoms with Gasteiger partial charge in [-0.15, -0.1) is 0 Å². The van der Waals surface area contributed by atoms with E-state index in [0.29, 0.717) is 23.5 Å². The highest BCUT2D eigenvalue weighted by Gasteiger charge is 2.26. The number of benzene rings is 2. The Morgan fingerprint density at radius 2 is 1.89 bits per heavy atom. The predicted octanol–water partition coefficient (Wildman–Crippen LogP) is 3.13. The molecular formula is C22H23N3O2. The van der Waals surface area contributed by atoms with Crippen LogP contribution in [0.25, 0.3) is 10.9 Å². The molecule has 5 nitrogen and oxygen atoms in total. The van der Waals surface area contributed by atoms with Crippen molar-refractivity contribution in [2.75, 3.05) is 31.6 Å². The van der Waals surface area contributed by atoms with E-state index in [4.69, 9.17) is 0 Å². The molecule has 138 valence electrons.